The molecule has 19 heavy (non-hydrogen) atoms. The van der Waals surface area contributed by atoms with Gasteiger partial charge in [0, 0.05) is 18.0 Å². The molecule has 0 radical (unpaired) electrons. The molecule has 1 aromatic carbocycles. The molecule has 0 bridgehead atoms. The van der Waals surface area contributed by atoms with Crippen molar-refractivity contribution in [2.75, 3.05) is 12.4 Å². The number of rotatable bonds is 7. The Balaban J connectivity index is 2.56. The van der Waals surface area contributed by atoms with E-state index < -0.39 is 0 Å². The molecule has 0 aromatic heterocycles. The summed E-state index contributed by atoms with van der Waals surface area (Å²) < 4.78 is 0. The molecule has 0 aliphatic carbocycles. The third kappa shape index (κ3) is 5.11. The lowest BCUT2D eigenvalue weighted by atomic mass is 10.0. The summed E-state index contributed by atoms with van der Waals surface area (Å²) in [5.74, 6) is 1.04. The summed E-state index contributed by atoms with van der Waals surface area (Å²) in [5.41, 5.74) is 1.26. The predicted octanol–water partition coefficient (Wildman–Crippen LogP) is 3.48. The number of aryl methyl sites for hydroxylation is 1. The highest BCUT2D eigenvalue weighted by Gasteiger charge is 2.11. The number of phenolic OH excluding ortho intramolecular Hbond substituents is 1. The molecule has 0 aliphatic rings. The van der Waals surface area contributed by atoms with Crippen LogP contribution in [0.5, 0.6) is 5.75 Å². The number of alkyl halides is 1. The summed E-state index contributed by atoms with van der Waals surface area (Å²) in [6, 6.07) is 4.97. The first-order chi connectivity index (χ1) is 9.08. The summed E-state index contributed by atoms with van der Waals surface area (Å²) in [7, 11) is 0. The van der Waals surface area contributed by atoms with Gasteiger partial charge < -0.3 is 10.4 Å². The Kier molecular flexibility index (Phi) is 6.71. The molecule has 0 saturated heterocycles. The van der Waals surface area contributed by atoms with E-state index in [2.05, 4.69) is 12.2 Å². The molecular weight excluding hydrogens is 262 g/mol. The average molecular weight is 284 g/mol. The Morgan fingerprint density at radius 1 is 1.42 bits per heavy atom. The predicted molar refractivity (Wildman–Crippen MR) is 78.9 cm³/mol. The highest BCUT2D eigenvalue weighted by atomic mass is 35.5. The highest BCUT2D eigenvalue weighted by molar-refractivity contribution is 6.17. The lowest BCUT2D eigenvalue weighted by Crippen LogP contribution is -2.29. The van der Waals surface area contributed by atoms with Crippen LogP contribution in [0.1, 0.15) is 42.1 Å². The third-order valence-corrected chi connectivity index (χ3v) is 3.46. The van der Waals surface area contributed by atoms with Crippen LogP contribution in [0.3, 0.4) is 0 Å². The van der Waals surface area contributed by atoms with Gasteiger partial charge in [-0.1, -0.05) is 19.4 Å². The van der Waals surface area contributed by atoms with Gasteiger partial charge in [-0.2, -0.15) is 0 Å². The van der Waals surface area contributed by atoms with Crippen LogP contribution >= 0.6 is 11.6 Å². The maximum atomic E-state index is 12.0. The number of hydrogen-bond donors (Lipinski definition) is 2. The van der Waals surface area contributed by atoms with Crippen LogP contribution in [0, 0.1) is 12.8 Å². The zero-order valence-corrected chi connectivity index (χ0v) is 12.3. The van der Waals surface area contributed by atoms with Gasteiger partial charge in [0.05, 0.1) is 0 Å². The molecule has 0 fully saturated rings. The van der Waals surface area contributed by atoms with Crippen LogP contribution in [-0.4, -0.2) is 23.4 Å². The second-order valence-corrected chi connectivity index (χ2v) is 5.22. The van der Waals surface area contributed by atoms with Crippen LogP contribution < -0.4 is 5.32 Å². The fourth-order valence-electron chi connectivity index (χ4n) is 2.00. The second-order valence-electron chi connectivity index (χ2n) is 4.84. The van der Waals surface area contributed by atoms with Crippen molar-refractivity contribution in [2.24, 2.45) is 5.92 Å². The largest absolute Gasteiger partial charge is 0.508 e. The zero-order chi connectivity index (χ0) is 14.3. The van der Waals surface area contributed by atoms with E-state index in [1.54, 1.807) is 19.1 Å². The topological polar surface area (TPSA) is 49.3 Å². The van der Waals surface area contributed by atoms with Gasteiger partial charge in [0.2, 0.25) is 0 Å². The quantitative estimate of drug-likeness (QED) is 0.753. The van der Waals surface area contributed by atoms with Gasteiger partial charge in [0.1, 0.15) is 5.75 Å². The number of nitrogens with one attached hydrogen (secondary N) is 1. The first-order valence-electron chi connectivity index (χ1n) is 6.72. The van der Waals surface area contributed by atoms with Crippen LogP contribution in [0.25, 0.3) is 0 Å². The monoisotopic (exact) mass is 283 g/mol. The molecule has 106 valence electrons. The molecular formula is C15H22ClNO2. The maximum absolute atomic E-state index is 12.0. The Morgan fingerprint density at radius 3 is 2.74 bits per heavy atom. The number of phenols is 1. The SMILES string of the molecule is CCCC(CCCl)CNC(=O)c1ccc(C)c(O)c1. The zero-order valence-electron chi connectivity index (χ0n) is 11.6. The van der Waals surface area contributed by atoms with Gasteiger partial charge >= 0.3 is 0 Å². The minimum atomic E-state index is -0.147. The van der Waals surface area contributed by atoms with E-state index >= 15 is 0 Å². The smallest absolute Gasteiger partial charge is 0.251 e. The van der Waals surface area contributed by atoms with Crippen molar-refractivity contribution in [3.05, 3.63) is 29.3 Å². The van der Waals surface area contributed by atoms with Crippen molar-refractivity contribution < 1.29 is 9.90 Å². The molecule has 1 aromatic rings. The van der Waals surface area contributed by atoms with Gasteiger partial charge in [-0.25, -0.2) is 0 Å². The van der Waals surface area contributed by atoms with Crippen LogP contribution in [0.4, 0.5) is 0 Å². The fourth-order valence-corrected chi connectivity index (χ4v) is 2.31. The first kappa shape index (κ1) is 15.8. The number of carbonyl (C=O) groups is 1. The third-order valence-electron chi connectivity index (χ3n) is 3.24. The van der Waals surface area contributed by atoms with Crippen molar-refractivity contribution in [2.45, 2.75) is 33.1 Å². The van der Waals surface area contributed by atoms with Gasteiger partial charge in [0.15, 0.2) is 0 Å². The summed E-state index contributed by atoms with van der Waals surface area (Å²) in [4.78, 5) is 12.0. The normalized spacial score (nSPS) is 12.2. The fraction of sp³-hybridized carbons (Fsp3) is 0.533. The van der Waals surface area contributed by atoms with E-state index in [1.165, 1.54) is 6.07 Å². The van der Waals surface area contributed by atoms with E-state index in [4.69, 9.17) is 11.6 Å². The molecule has 1 rings (SSSR count). The number of benzene rings is 1. The lowest BCUT2D eigenvalue weighted by Gasteiger charge is -2.15. The van der Waals surface area contributed by atoms with E-state index in [0.29, 0.717) is 23.9 Å². The number of halogens is 1. The molecule has 2 N–H and O–H groups in total. The Bertz CT molecular complexity index is 415. The number of hydrogen-bond acceptors (Lipinski definition) is 2. The van der Waals surface area contributed by atoms with Crippen molar-refractivity contribution in [3.8, 4) is 5.75 Å². The number of carbonyl (C=O) groups excluding carboxylic acids is 1. The molecule has 0 aliphatic heterocycles. The second kappa shape index (κ2) is 8.05. The van der Waals surface area contributed by atoms with Crippen molar-refractivity contribution in [1.29, 1.82) is 0 Å². The van der Waals surface area contributed by atoms with E-state index in [1.807, 2.05) is 0 Å². The molecule has 0 spiro atoms. The molecule has 1 amide bonds. The van der Waals surface area contributed by atoms with Crippen LogP contribution in [0.15, 0.2) is 18.2 Å². The molecule has 1 unspecified atom stereocenters. The minimum Gasteiger partial charge on any atom is -0.508 e. The molecule has 0 saturated carbocycles. The molecule has 0 heterocycles. The van der Waals surface area contributed by atoms with Crippen LogP contribution in [0.2, 0.25) is 0 Å². The Labute approximate surface area is 120 Å². The summed E-state index contributed by atoms with van der Waals surface area (Å²) >= 11 is 5.76. The van der Waals surface area contributed by atoms with Gasteiger partial charge in [0.25, 0.3) is 5.91 Å². The van der Waals surface area contributed by atoms with E-state index in [0.717, 1.165) is 24.8 Å². The first-order valence-corrected chi connectivity index (χ1v) is 7.25. The van der Waals surface area contributed by atoms with Crippen molar-refractivity contribution >= 4 is 17.5 Å². The van der Waals surface area contributed by atoms with Crippen molar-refractivity contribution in [3.63, 3.8) is 0 Å². The van der Waals surface area contributed by atoms with Gasteiger partial charge in [-0.05, 0) is 43.4 Å². The number of aromatic hydroxyl groups is 1. The standard InChI is InChI=1S/C15H22ClNO2/c1-3-4-12(7-8-16)10-17-15(19)13-6-5-11(2)14(18)9-13/h5-6,9,12,18H,3-4,7-8,10H2,1-2H3,(H,17,19). The Hall–Kier alpha value is -1.22. The number of amides is 1. The van der Waals surface area contributed by atoms with Crippen LogP contribution in [-0.2, 0) is 0 Å². The van der Waals surface area contributed by atoms with E-state index in [9.17, 15) is 9.90 Å². The van der Waals surface area contributed by atoms with Crippen molar-refractivity contribution in [1.82, 2.24) is 5.32 Å². The molecule has 4 heteroatoms. The van der Waals surface area contributed by atoms with E-state index in [-0.39, 0.29) is 11.7 Å². The van der Waals surface area contributed by atoms with Gasteiger partial charge in [-0.15, -0.1) is 11.6 Å². The maximum Gasteiger partial charge on any atom is 0.251 e. The molecule has 3 nitrogen and oxygen atoms in total. The lowest BCUT2D eigenvalue weighted by molar-refractivity contribution is 0.0945. The Morgan fingerprint density at radius 2 is 2.16 bits per heavy atom. The van der Waals surface area contributed by atoms with Gasteiger partial charge in [-0.3, -0.25) is 4.79 Å². The summed E-state index contributed by atoms with van der Waals surface area (Å²) in [6.07, 6.45) is 3.06. The summed E-state index contributed by atoms with van der Waals surface area (Å²) in [6.45, 7) is 4.56. The minimum absolute atomic E-state index is 0.147. The average Bonchev–Trinajstić information content (AvgIpc) is 2.39. The highest BCUT2D eigenvalue weighted by Crippen LogP contribution is 2.17. The molecule has 1 atom stereocenters. The summed E-state index contributed by atoms with van der Waals surface area (Å²) in [5, 5.41) is 12.5.